The highest BCUT2D eigenvalue weighted by atomic mass is 16.2. The summed E-state index contributed by atoms with van der Waals surface area (Å²) in [5, 5.41) is 2.42. The molecule has 3 rings (SSSR count). The predicted octanol–water partition coefficient (Wildman–Crippen LogP) is 2.61. The van der Waals surface area contributed by atoms with Gasteiger partial charge in [0.25, 0.3) is 0 Å². The number of ketones is 1. The molecule has 2 amide bonds. The van der Waals surface area contributed by atoms with Crippen molar-refractivity contribution in [3.63, 3.8) is 0 Å². The van der Waals surface area contributed by atoms with E-state index in [1.165, 1.54) is 5.56 Å². The molecule has 0 saturated carbocycles. The maximum absolute atomic E-state index is 12.0. The molecule has 0 radical (unpaired) electrons. The highest BCUT2D eigenvalue weighted by Gasteiger charge is 2.28. The number of piperidine rings is 2. The van der Waals surface area contributed by atoms with Gasteiger partial charge in [-0.05, 0) is 49.4 Å². The quantitative estimate of drug-likeness (QED) is 0.824. The number of hydrogen-bond donors (Lipinski definition) is 1. The lowest BCUT2D eigenvalue weighted by Gasteiger charge is -2.32. The van der Waals surface area contributed by atoms with Crippen molar-refractivity contribution in [3.8, 4) is 0 Å². The van der Waals surface area contributed by atoms with Gasteiger partial charge in [-0.25, -0.2) is 0 Å². The average molecular weight is 356 g/mol. The van der Waals surface area contributed by atoms with Crippen molar-refractivity contribution < 1.29 is 14.4 Å². The second-order valence-corrected chi connectivity index (χ2v) is 7.84. The van der Waals surface area contributed by atoms with Gasteiger partial charge >= 0.3 is 0 Å². The van der Waals surface area contributed by atoms with E-state index in [1.807, 2.05) is 26.0 Å². The molecule has 5 heteroatoms. The standard InChI is InChI=1S/C21H28N2O3/c1-14(2)19(24)13-23-11-9-16(10-12-23)15-3-5-17(6-4-15)18-7-8-20(25)22-21(18)26/h3-6,14,16,18H,7-13H2,1-2H3,(H,22,25,26). The molecule has 1 aromatic carbocycles. The van der Waals surface area contributed by atoms with Crippen molar-refractivity contribution >= 4 is 17.6 Å². The molecule has 1 atom stereocenters. The Morgan fingerprint density at radius 1 is 1.08 bits per heavy atom. The third kappa shape index (κ3) is 4.39. The van der Waals surface area contributed by atoms with Gasteiger partial charge in [-0.15, -0.1) is 0 Å². The van der Waals surface area contributed by atoms with Crippen LogP contribution in [0.2, 0.25) is 0 Å². The maximum Gasteiger partial charge on any atom is 0.234 e. The van der Waals surface area contributed by atoms with Crippen molar-refractivity contribution in [3.05, 3.63) is 35.4 Å². The van der Waals surface area contributed by atoms with E-state index in [0.29, 0.717) is 31.1 Å². The van der Waals surface area contributed by atoms with Crippen LogP contribution in [0.25, 0.3) is 0 Å². The molecule has 26 heavy (non-hydrogen) atoms. The number of rotatable bonds is 5. The smallest absolute Gasteiger partial charge is 0.234 e. The summed E-state index contributed by atoms with van der Waals surface area (Å²) in [6.07, 6.45) is 3.12. The molecule has 140 valence electrons. The monoisotopic (exact) mass is 356 g/mol. The molecule has 2 heterocycles. The first-order valence-corrected chi connectivity index (χ1v) is 9.62. The van der Waals surface area contributed by atoms with Crippen LogP contribution >= 0.6 is 0 Å². The number of benzene rings is 1. The zero-order valence-electron chi connectivity index (χ0n) is 15.7. The molecule has 0 aromatic heterocycles. The van der Waals surface area contributed by atoms with Gasteiger partial charge in [0.05, 0.1) is 12.5 Å². The van der Waals surface area contributed by atoms with Crippen LogP contribution in [0.3, 0.4) is 0 Å². The molecule has 0 spiro atoms. The number of carbonyl (C=O) groups excluding carboxylic acids is 3. The molecule has 0 aliphatic carbocycles. The van der Waals surface area contributed by atoms with Gasteiger partial charge in [-0.1, -0.05) is 38.1 Å². The number of Topliss-reactive ketones (excluding diaryl/α,β-unsaturated/α-hetero) is 1. The van der Waals surface area contributed by atoms with Crippen LogP contribution in [-0.2, 0) is 14.4 Å². The third-order valence-electron chi connectivity index (χ3n) is 5.66. The first-order chi connectivity index (χ1) is 12.4. The first kappa shape index (κ1) is 18.8. The lowest BCUT2D eigenvalue weighted by Crippen LogP contribution is -2.39. The Balaban J connectivity index is 1.56. The van der Waals surface area contributed by atoms with E-state index in [1.54, 1.807) is 0 Å². The number of hydrogen-bond acceptors (Lipinski definition) is 4. The third-order valence-corrected chi connectivity index (χ3v) is 5.66. The Hall–Kier alpha value is -2.01. The number of likely N-dealkylation sites (tertiary alicyclic amines) is 1. The molecule has 2 saturated heterocycles. The minimum Gasteiger partial charge on any atom is -0.298 e. The second kappa shape index (κ2) is 8.12. The van der Waals surface area contributed by atoms with Crippen LogP contribution in [0.1, 0.15) is 62.5 Å². The minimum absolute atomic E-state index is 0.104. The molecular formula is C21H28N2O3. The Kier molecular flexibility index (Phi) is 5.87. The zero-order valence-corrected chi connectivity index (χ0v) is 15.7. The van der Waals surface area contributed by atoms with Crippen LogP contribution in [0.15, 0.2) is 24.3 Å². The lowest BCUT2D eigenvalue weighted by atomic mass is 9.86. The Morgan fingerprint density at radius 3 is 2.27 bits per heavy atom. The summed E-state index contributed by atoms with van der Waals surface area (Å²) in [4.78, 5) is 37.4. The predicted molar refractivity (Wildman–Crippen MR) is 99.8 cm³/mol. The van der Waals surface area contributed by atoms with Gasteiger partial charge in [-0.3, -0.25) is 24.6 Å². The van der Waals surface area contributed by atoms with Crippen LogP contribution in [0.5, 0.6) is 0 Å². The van der Waals surface area contributed by atoms with E-state index in [9.17, 15) is 14.4 Å². The van der Waals surface area contributed by atoms with Gasteiger partial charge in [-0.2, -0.15) is 0 Å². The minimum atomic E-state index is -0.217. The molecule has 1 unspecified atom stereocenters. The van der Waals surface area contributed by atoms with Gasteiger partial charge in [0.15, 0.2) is 0 Å². The average Bonchev–Trinajstić information content (AvgIpc) is 2.62. The fourth-order valence-corrected chi connectivity index (χ4v) is 3.84. The van der Waals surface area contributed by atoms with Crippen molar-refractivity contribution in [1.29, 1.82) is 0 Å². The lowest BCUT2D eigenvalue weighted by molar-refractivity contribution is -0.134. The summed E-state index contributed by atoms with van der Waals surface area (Å²) in [6, 6.07) is 8.31. The molecule has 2 aliphatic heterocycles. The van der Waals surface area contributed by atoms with Crippen molar-refractivity contribution in [2.75, 3.05) is 19.6 Å². The summed E-state index contributed by atoms with van der Waals surface area (Å²) < 4.78 is 0. The number of carbonyl (C=O) groups is 3. The van der Waals surface area contributed by atoms with Crippen molar-refractivity contribution in [2.24, 2.45) is 5.92 Å². The Bertz CT molecular complexity index is 673. The molecule has 0 bridgehead atoms. The van der Waals surface area contributed by atoms with E-state index < -0.39 is 0 Å². The largest absolute Gasteiger partial charge is 0.298 e. The summed E-state index contributed by atoms with van der Waals surface area (Å²) in [5.74, 6) is 0.356. The van der Waals surface area contributed by atoms with E-state index in [0.717, 1.165) is 31.5 Å². The van der Waals surface area contributed by atoms with E-state index in [-0.39, 0.29) is 23.7 Å². The van der Waals surface area contributed by atoms with Gasteiger partial charge in [0.2, 0.25) is 11.8 Å². The number of nitrogens with zero attached hydrogens (tertiary/aromatic N) is 1. The fourth-order valence-electron chi connectivity index (χ4n) is 3.84. The van der Waals surface area contributed by atoms with Crippen LogP contribution in [0, 0.1) is 5.92 Å². The molecular weight excluding hydrogens is 328 g/mol. The van der Waals surface area contributed by atoms with E-state index in [2.05, 4.69) is 22.3 Å². The first-order valence-electron chi connectivity index (χ1n) is 9.62. The SMILES string of the molecule is CC(C)C(=O)CN1CCC(c2ccc(C3CCC(=O)NC3=O)cc2)CC1. The van der Waals surface area contributed by atoms with E-state index >= 15 is 0 Å². The maximum atomic E-state index is 12.0. The Labute approximate surface area is 155 Å². The summed E-state index contributed by atoms with van der Waals surface area (Å²) >= 11 is 0. The fraction of sp³-hybridized carbons (Fsp3) is 0.571. The highest BCUT2D eigenvalue weighted by Crippen LogP contribution is 2.31. The van der Waals surface area contributed by atoms with Gasteiger partial charge in [0.1, 0.15) is 5.78 Å². The Morgan fingerprint density at radius 2 is 1.69 bits per heavy atom. The topological polar surface area (TPSA) is 66.5 Å². The summed E-state index contributed by atoms with van der Waals surface area (Å²) in [6.45, 7) is 6.40. The highest BCUT2D eigenvalue weighted by molar-refractivity contribution is 6.00. The molecule has 5 nitrogen and oxygen atoms in total. The second-order valence-electron chi connectivity index (χ2n) is 7.84. The number of imide groups is 1. The molecule has 2 aliphatic rings. The normalized spacial score (nSPS) is 22.5. The number of nitrogens with one attached hydrogen (secondary N) is 1. The molecule has 1 N–H and O–H groups in total. The molecule has 2 fully saturated rings. The summed E-state index contributed by atoms with van der Waals surface area (Å²) in [5.41, 5.74) is 2.29. The van der Waals surface area contributed by atoms with Gasteiger partial charge in [0, 0.05) is 12.3 Å². The van der Waals surface area contributed by atoms with Gasteiger partial charge < -0.3 is 0 Å². The van der Waals surface area contributed by atoms with Crippen LogP contribution in [-0.4, -0.2) is 42.1 Å². The van der Waals surface area contributed by atoms with Crippen molar-refractivity contribution in [2.45, 2.75) is 51.4 Å². The van der Waals surface area contributed by atoms with E-state index in [4.69, 9.17) is 0 Å². The van der Waals surface area contributed by atoms with Crippen LogP contribution in [0.4, 0.5) is 0 Å². The van der Waals surface area contributed by atoms with Crippen LogP contribution < -0.4 is 5.32 Å². The van der Waals surface area contributed by atoms with Crippen molar-refractivity contribution in [1.82, 2.24) is 10.2 Å². The summed E-state index contributed by atoms with van der Waals surface area (Å²) in [7, 11) is 0. The molecule has 1 aromatic rings. The number of amides is 2. The zero-order chi connectivity index (χ0) is 18.7.